The Morgan fingerprint density at radius 2 is 2.18 bits per heavy atom. The number of benzene rings is 1. The first kappa shape index (κ1) is 13.6. The molecule has 1 unspecified atom stereocenters. The molecule has 0 aliphatic heterocycles. The first-order valence-electron chi connectivity index (χ1n) is 6.14. The number of unbranched alkanes of at least 4 members (excludes halogenated alkanes) is 1. The number of rotatable bonds is 7. The normalized spacial score (nSPS) is 11.9. The van der Waals surface area contributed by atoms with Crippen molar-refractivity contribution in [3.8, 4) is 5.75 Å². The highest BCUT2D eigenvalue weighted by molar-refractivity contribution is 5.33. The molecule has 0 aliphatic carbocycles. The molecule has 0 N–H and O–H groups in total. The molecule has 94 valence electrons. The second-order valence-electron chi connectivity index (χ2n) is 4.17. The predicted molar refractivity (Wildman–Crippen MR) is 71.4 cm³/mol. The van der Waals surface area contributed by atoms with Gasteiger partial charge in [0, 0.05) is 5.92 Å². The van der Waals surface area contributed by atoms with Gasteiger partial charge in [-0.05, 0) is 24.1 Å². The van der Waals surface area contributed by atoms with Crippen LogP contribution in [-0.2, 0) is 4.74 Å². The average molecular weight is 234 g/mol. The van der Waals surface area contributed by atoms with Crippen LogP contribution in [0.4, 0.5) is 0 Å². The van der Waals surface area contributed by atoms with E-state index in [4.69, 9.17) is 9.47 Å². The van der Waals surface area contributed by atoms with Crippen molar-refractivity contribution in [2.24, 2.45) is 0 Å². The van der Waals surface area contributed by atoms with Gasteiger partial charge in [0.15, 0.2) is 0 Å². The quantitative estimate of drug-likeness (QED) is 0.521. The van der Waals surface area contributed by atoms with E-state index >= 15 is 0 Å². The number of methoxy groups -OCH3 is 1. The minimum Gasteiger partial charge on any atom is -0.501 e. The molecular weight excluding hydrogens is 212 g/mol. The zero-order valence-corrected chi connectivity index (χ0v) is 11.0. The maximum atomic E-state index is 5.68. The summed E-state index contributed by atoms with van der Waals surface area (Å²) in [5, 5.41) is 0. The molecule has 17 heavy (non-hydrogen) atoms. The number of ether oxygens (including phenoxy) is 2. The Hall–Kier alpha value is -1.44. The molecule has 0 amide bonds. The van der Waals surface area contributed by atoms with Crippen LogP contribution in [0.5, 0.6) is 5.75 Å². The molecule has 0 aromatic heterocycles. The van der Waals surface area contributed by atoms with Gasteiger partial charge >= 0.3 is 0 Å². The molecule has 0 heterocycles. The largest absolute Gasteiger partial charge is 0.501 e. The summed E-state index contributed by atoms with van der Waals surface area (Å²) in [6.45, 7) is 8.91. The molecule has 1 aromatic rings. The van der Waals surface area contributed by atoms with Crippen LogP contribution < -0.4 is 4.74 Å². The lowest BCUT2D eigenvalue weighted by Crippen LogP contribution is -2.01. The predicted octanol–water partition coefficient (Wildman–Crippen LogP) is 4.13. The molecule has 1 rings (SSSR count). The van der Waals surface area contributed by atoms with Crippen molar-refractivity contribution in [1.29, 1.82) is 0 Å². The van der Waals surface area contributed by atoms with Crippen molar-refractivity contribution in [2.75, 3.05) is 13.7 Å². The van der Waals surface area contributed by atoms with Gasteiger partial charge in [-0.1, -0.05) is 39.0 Å². The summed E-state index contributed by atoms with van der Waals surface area (Å²) in [6.07, 6.45) is 2.24. The van der Waals surface area contributed by atoms with Gasteiger partial charge in [0.25, 0.3) is 0 Å². The van der Waals surface area contributed by atoms with E-state index in [9.17, 15) is 0 Å². The van der Waals surface area contributed by atoms with Crippen LogP contribution in [0.2, 0.25) is 0 Å². The van der Waals surface area contributed by atoms with Gasteiger partial charge in [-0.3, -0.25) is 0 Å². The lowest BCUT2D eigenvalue weighted by atomic mass is 9.99. The zero-order chi connectivity index (χ0) is 12.7. The van der Waals surface area contributed by atoms with Crippen LogP contribution in [0, 0.1) is 0 Å². The summed E-state index contributed by atoms with van der Waals surface area (Å²) in [5.41, 5.74) is 1.17. The van der Waals surface area contributed by atoms with Crippen LogP contribution in [0.3, 0.4) is 0 Å². The standard InChI is InChI=1S/C15H22O2/c1-5-6-10-17-15-9-7-8-14(11-15)12(2)13(3)16-4/h7-9,11-12H,3,5-6,10H2,1-2,4H3. The van der Waals surface area contributed by atoms with Crippen LogP contribution in [0.25, 0.3) is 0 Å². The van der Waals surface area contributed by atoms with E-state index in [1.807, 2.05) is 12.1 Å². The number of hydrogen-bond acceptors (Lipinski definition) is 2. The molecule has 0 spiro atoms. The third-order valence-corrected chi connectivity index (χ3v) is 2.87. The monoisotopic (exact) mass is 234 g/mol. The molecule has 2 heteroatoms. The highest BCUT2D eigenvalue weighted by Gasteiger charge is 2.10. The third-order valence-electron chi connectivity index (χ3n) is 2.87. The molecule has 0 aliphatic rings. The Morgan fingerprint density at radius 3 is 2.82 bits per heavy atom. The Labute approximate surface area is 104 Å². The van der Waals surface area contributed by atoms with Crippen LogP contribution >= 0.6 is 0 Å². The van der Waals surface area contributed by atoms with Crippen molar-refractivity contribution >= 4 is 0 Å². The highest BCUT2D eigenvalue weighted by atomic mass is 16.5. The second kappa shape index (κ2) is 7.00. The van der Waals surface area contributed by atoms with Crippen molar-refractivity contribution in [1.82, 2.24) is 0 Å². The van der Waals surface area contributed by atoms with Crippen LogP contribution in [0.15, 0.2) is 36.6 Å². The summed E-state index contributed by atoms with van der Waals surface area (Å²) in [7, 11) is 1.65. The molecule has 0 fully saturated rings. The fourth-order valence-corrected chi connectivity index (χ4v) is 1.57. The van der Waals surface area contributed by atoms with Gasteiger partial charge in [-0.25, -0.2) is 0 Å². The summed E-state index contributed by atoms with van der Waals surface area (Å²) < 4.78 is 10.8. The summed E-state index contributed by atoms with van der Waals surface area (Å²) in [5.74, 6) is 1.89. The molecule has 1 aromatic carbocycles. The van der Waals surface area contributed by atoms with Crippen molar-refractivity contribution in [3.05, 3.63) is 42.2 Å². The fourth-order valence-electron chi connectivity index (χ4n) is 1.57. The molecule has 0 radical (unpaired) electrons. The van der Waals surface area contributed by atoms with E-state index in [0.717, 1.165) is 31.0 Å². The van der Waals surface area contributed by atoms with Gasteiger partial charge in [0.1, 0.15) is 5.75 Å². The minimum absolute atomic E-state index is 0.190. The van der Waals surface area contributed by atoms with E-state index in [2.05, 4.69) is 32.6 Å². The van der Waals surface area contributed by atoms with Gasteiger partial charge in [-0.2, -0.15) is 0 Å². The van der Waals surface area contributed by atoms with Crippen LogP contribution in [-0.4, -0.2) is 13.7 Å². The topological polar surface area (TPSA) is 18.5 Å². The van der Waals surface area contributed by atoms with Gasteiger partial charge in [-0.15, -0.1) is 0 Å². The zero-order valence-electron chi connectivity index (χ0n) is 11.0. The van der Waals surface area contributed by atoms with Crippen molar-refractivity contribution in [3.63, 3.8) is 0 Å². The molecular formula is C15H22O2. The van der Waals surface area contributed by atoms with Crippen molar-refractivity contribution in [2.45, 2.75) is 32.6 Å². The number of hydrogen-bond donors (Lipinski definition) is 0. The summed E-state index contributed by atoms with van der Waals surface area (Å²) in [6, 6.07) is 8.13. The molecule has 0 saturated carbocycles. The maximum absolute atomic E-state index is 5.68. The van der Waals surface area contributed by atoms with Gasteiger partial charge in [0.2, 0.25) is 0 Å². The lowest BCUT2D eigenvalue weighted by molar-refractivity contribution is 0.270. The van der Waals surface area contributed by atoms with E-state index in [-0.39, 0.29) is 5.92 Å². The minimum atomic E-state index is 0.190. The Kier molecular flexibility index (Phi) is 5.61. The fraction of sp³-hybridized carbons (Fsp3) is 0.467. The Balaban J connectivity index is 2.68. The average Bonchev–Trinajstić information content (AvgIpc) is 2.37. The first-order chi connectivity index (χ1) is 8.19. The smallest absolute Gasteiger partial charge is 0.119 e. The molecule has 2 nitrogen and oxygen atoms in total. The molecule has 0 saturated heterocycles. The Bertz CT molecular complexity index is 358. The third kappa shape index (κ3) is 4.14. The maximum Gasteiger partial charge on any atom is 0.119 e. The summed E-state index contributed by atoms with van der Waals surface area (Å²) >= 11 is 0. The van der Waals surface area contributed by atoms with E-state index in [1.54, 1.807) is 7.11 Å². The van der Waals surface area contributed by atoms with Crippen molar-refractivity contribution < 1.29 is 9.47 Å². The lowest BCUT2D eigenvalue weighted by Gasteiger charge is -2.15. The van der Waals surface area contributed by atoms with E-state index in [1.165, 1.54) is 5.56 Å². The van der Waals surface area contributed by atoms with Gasteiger partial charge < -0.3 is 9.47 Å². The summed E-state index contributed by atoms with van der Waals surface area (Å²) in [4.78, 5) is 0. The van der Waals surface area contributed by atoms with E-state index in [0.29, 0.717) is 0 Å². The van der Waals surface area contributed by atoms with Crippen LogP contribution in [0.1, 0.15) is 38.2 Å². The molecule has 1 atom stereocenters. The highest BCUT2D eigenvalue weighted by Crippen LogP contribution is 2.26. The van der Waals surface area contributed by atoms with E-state index < -0.39 is 0 Å². The Morgan fingerprint density at radius 1 is 1.41 bits per heavy atom. The van der Waals surface area contributed by atoms with Gasteiger partial charge in [0.05, 0.1) is 19.5 Å². The SMILES string of the molecule is C=C(OC)C(C)c1cccc(OCCCC)c1. The molecule has 0 bridgehead atoms. The first-order valence-corrected chi connectivity index (χ1v) is 6.14. The second-order valence-corrected chi connectivity index (χ2v) is 4.17. The number of allylic oxidation sites excluding steroid dienone is 1.